The average molecular weight is 391 g/mol. The molecule has 0 saturated heterocycles. The molecule has 0 unspecified atom stereocenters. The average Bonchev–Trinajstić information content (AvgIpc) is 2.40. The highest BCUT2D eigenvalue weighted by atomic mass is 127. The molecule has 0 atom stereocenters. The lowest BCUT2D eigenvalue weighted by Crippen LogP contribution is -2.38. The Labute approximate surface area is 139 Å². The van der Waals surface area contributed by atoms with Crippen LogP contribution in [-0.4, -0.2) is 26.7 Å². The third-order valence-corrected chi connectivity index (χ3v) is 2.77. The number of hydrogen-bond acceptors (Lipinski definition) is 2. The Hall–Kier alpha value is -0.820. The molecule has 114 valence electrons. The SMILES string of the molecule is CN=C(NCc1ccccc1COC)NCC(C)C.I. The minimum absolute atomic E-state index is 0. The lowest BCUT2D eigenvalue weighted by molar-refractivity contribution is 0.184. The fourth-order valence-corrected chi connectivity index (χ4v) is 1.73. The van der Waals surface area contributed by atoms with E-state index in [2.05, 4.69) is 41.6 Å². The number of ether oxygens (including phenoxy) is 1. The van der Waals surface area contributed by atoms with Gasteiger partial charge in [-0.3, -0.25) is 4.99 Å². The molecule has 2 N–H and O–H groups in total. The summed E-state index contributed by atoms with van der Waals surface area (Å²) in [5.74, 6) is 1.43. The molecule has 0 bridgehead atoms. The van der Waals surface area contributed by atoms with Gasteiger partial charge in [-0.15, -0.1) is 24.0 Å². The zero-order valence-electron chi connectivity index (χ0n) is 12.8. The van der Waals surface area contributed by atoms with E-state index < -0.39 is 0 Å². The van der Waals surface area contributed by atoms with E-state index in [1.54, 1.807) is 14.2 Å². The molecule has 0 spiro atoms. The fraction of sp³-hybridized carbons (Fsp3) is 0.533. The van der Waals surface area contributed by atoms with E-state index in [-0.39, 0.29) is 24.0 Å². The van der Waals surface area contributed by atoms with Crippen LogP contribution in [0.3, 0.4) is 0 Å². The Morgan fingerprint density at radius 1 is 1.20 bits per heavy atom. The Morgan fingerprint density at radius 2 is 1.85 bits per heavy atom. The van der Waals surface area contributed by atoms with Gasteiger partial charge in [0, 0.05) is 27.2 Å². The van der Waals surface area contributed by atoms with Gasteiger partial charge in [-0.25, -0.2) is 0 Å². The van der Waals surface area contributed by atoms with Crippen LogP contribution in [0.5, 0.6) is 0 Å². The summed E-state index contributed by atoms with van der Waals surface area (Å²) in [6.45, 7) is 6.65. The maximum absolute atomic E-state index is 5.21. The summed E-state index contributed by atoms with van der Waals surface area (Å²) in [5.41, 5.74) is 2.44. The molecule has 1 rings (SSSR count). The lowest BCUT2D eigenvalue weighted by Gasteiger charge is -2.15. The van der Waals surface area contributed by atoms with E-state index in [0.29, 0.717) is 12.5 Å². The molecule has 0 aliphatic carbocycles. The van der Waals surface area contributed by atoms with E-state index in [0.717, 1.165) is 19.0 Å². The predicted octanol–water partition coefficient (Wildman–Crippen LogP) is 2.77. The van der Waals surface area contributed by atoms with Crippen molar-refractivity contribution in [2.24, 2.45) is 10.9 Å². The second-order valence-electron chi connectivity index (χ2n) is 4.90. The minimum Gasteiger partial charge on any atom is -0.380 e. The van der Waals surface area contributed by atoms with Crippen molar-refractivity contribution in [1.29, 1.82) is 0 Å². The Bertz CT molecular complexity index is 408. The van der Waals surface area contributed by atoms with Crippen LogP contribution in [0.1, 0.15) is 25.0 Å². The van der Waals surface area contributed by atoms with Gasteiger partial charge in [0.15, 0.2) is 5.96 Å². The number of halogens is 1. The van der Waals surface area contributed by atoms with Gasteiger partial charge >= 0.3 is 0 Å². The molecule has 4 nitrogen and oxygen atoms in total. The monoisotopic (exact) mass is 391 g/mol. The van der Waals surface area contributed by atoms with Gasteiger partial charge < -0.3 is 15.4 Å². The number of hydrogen-bond donors (Lipinski definition) is 2. The number of guanidine groups is 1. The van der Waals surface area contributed by atoms with Crippen LogP contribution in [0.4, 0.5) is 0 Å². The van der Waals surface area contributed by atoms with Crippen LogP contribution in [0.25, 0.3) is 0 Å². The lowest BCUT2D eigenvalue weighted by atomic mass is 10.1. The van der Waals surface area contributed by atoms with Crippen LogP contribution in [0.15, 0.2) is 29.3 Å². The summed E-state index contributed by atoms with van der Waals surface area (Å²) >= 11 is 0. The largest absolute Gasteiger partial charge is 0.380 e. The second kappa shape index (κ2) is 10.9. The van der Waals surface area contributed by atoms with Crippen LogP contribution < -0.4 is 10.6 Å². The number of nitrogens with one attached hydrogen (secondary N) is 2. The zero-order valence-corrected chi connectivity index (χ0v) is 15.1. The van der Waals surface area contributed by atoms with Crippen molar-refractivity contribution < 1.29 is 4.74 Å². The molecule has 5 heteroatoms. The molecule has 0 radical (unpaired) electrons. The third-order valence-electron chi connectivity index (χ3n) is 2.77. The molecular weight excluding hydrogens is 365 g/mol. The van der Waals surface area contributed by atoms with E-state index in [9.17, 15) is 0 Å². The minimum atomic E-state index is 0. The highest BCUT2D eigenvalue weighted by Gasteiger charge is 2.03. The van der Waals surface area contributed by atoms with E-state index in [1.807, 2.05) is 12.1 Å². The van der Waals surface area contributed by atoms with Gasteiger partial charge in [0.25, 0.3) is 0 Å². The summed E-state index contributed by atoms with van der Waals surface area (Å²) in [6, 6.07) is 8.27. The maximum atomic E-state index is 5.21. The number of aliphatic imine (C=N–C) groups is 1. The van der Waals surface area contributed by atoms with Crippen molar-refractivity contribution in [3.05, 3.63) is 35.4 Å². The van der Waals surface area contributed by atoms with Crippen molar-refractivity contribution >= 4 is 29.9 Å². The number of nitrogens with zero attached hydrogens (tertiary/aromatic N) is 1. The summed E-state index contributed by atoms with van der Waals surface area (Å²) in [5, 5.41) is 6.62. The van der Waals surface area contributed by atoms with Crippen molar-refractivity contribution in [2.45, 2.75) is 27.0 Å². The van der Waals surface area contributed by atoms with Crippen LogP contribution >= 0.6 is 24.0 Å². The first-order chi connectivity index (χ1) is 9.17. The van der Waals surface area contributed by atoms with Gasteiger partial charge in [-0.05, 0) is 17.0 Å². The quantitative estimate of drug-likeness (QED) is 0.446. The molecule has 0 aliphatic heterocycles. The van der Waals surface area contributed by atoms with Crippen LogP contribution in [0.2, 0.25) is 0 Å². The van der Waals surface area contributed by atoms with Gasteiger partial charge in [0.2, 0.25) is 0 Å². The Balaban J connectivity index is 0.00000361. The summed E-state index contributed by atoms with van der Waals surface area (Å²) < 4.78 is 5.21. The first kappa shape index (κ1) is 19.2. The highest BCUT2D eigenvalue weighted by Crippen LogP contribution is 2.09. The molecule has 20 heavy (non-hydrogen) atoms. The Morgan fingerprint density at radius 3 is 2.40 bits per heavy atom. The molecule has 0 amide bonds. The van der Waals surface area contributed by atoms with Gasteiger partial charge in [0.05, 0.1) is 6.61 Å². The van der Waals surface area contributed by atoms with E-state index in [4.69, 9.17) is 4.74 Å². The van der Waals surface area contributed by atoms with Crippen molar-refractivity contribution in [3.8, 4) is 0 Å². The first-order valence-corrected chi connectivity index (χ1v) is 6.67. The topological polar surface area (TPSA) is 45.7 Å². The number of rotatable bonds is 6. The number of methoxy groups -OCH3 is 1. The molecule has 1 aromatic carbocycles. The predicted molar refractivity (Wildman–Crippen MR) is 95.6 cm³/mol. The van der Waals surface area contributed by atoms with E-state index >= 15 is 0 Å². The molecule has 0 aliphatic rings. The molecule has 0 saturated carbocycles. The molecular formula is C15H26IN3O. The normalized spacial score (nSPS) is 11.2. The molecule has 0 fully saturated rings. The van der Waals surface area contributed by atoms with Crippen LogP contribution in [-0.2, 0) is 17.9 Å². The molecule has 0 aromatic heterocycles. The van der Waals surface area contributed by atoms with Crippen molar-refractivity contribution in [1.82, 2.24) is 10.6 Å². The summed E-state index contributed by atoms with van der Waals surface area (Å²) in [7, 11) is 3.50. The molecule has 0 heterocycles. The second-order valence-corrected chi connectivity index (χ2v) is 4.90. The fourth-order valence-electron chi connectivity index (χ4n) is 1.73. The van der Waals surface area contributed by atoms with Gasteiger partial charge in [0.1, 0.15) is 0 Å². The summed E-state index contributed by atoms with van der Waals surface area (Å²) in [4.78, 5) is 4.21. The number of benzene rings is 1. The van der Waals surface area contributed by atoms with Gasteiger partial charge in [-0.2, -0.15) is 0 Å². The van der Waals surface area contributed by atoms with E-state index in [1.165, 1.54) is 11.1 Å². The standard InChI is InChI=1S/C15H25N3O.HI/c1-12(2)9-17-15(16-3)18-10-13-7-5-6-8-14(13)11-19-4;/h5-8,12H,9-11H2,1-4H3,(H2,16,17,18);1H. The summed E-state index contributed by atoms with van der Waals surface area (Å²) in [6.07, 6.45) is 0. The van der Waals surface area contributed by atoms with Crippen molar-refractivity contribution in [3.63, 3.8) is 0 Å². The third kappa shape index (κ3) is 7.09. The first-order valence-electron chi connectivity index (χ1n) is 6.67. The van der Waals surface area contributed by atoms with Crippen LogP contribution in [0, 0.1) is 5.92 Å². The zero-order chi connectivity index (χ0) is 14.1. The Kier molecular flexibility index (Phi) is 10.5. The molecule has 1 aromatic rings. The maximum Gasteiger partial charge on any atom is 0.191 e. The highest BCUT2D eigenvalue weighted by molar-refractivity contribution is 14.0. The smallest absolute Gasteiger partial charge is 0.191 e. The van der Waals surface area contributed by atoms with Crippen molar-refractivity contribution in [2.75, 3.05) is 20.7 Å². The van der Waals surface area contributed by atoms with Gasteiger partial charge in [-0.1, -0.05) is 38.1 Å².